The molecule has 1 saturated carbocycles. The monoisotopic (exact) mass is 552 g/mol. The molecule has 4 atom stereocenters. The van der Waals surface area contributed by atoms with Crippen LogP contribution in [0.4, 0.5) is 0 Å². The van der Waals surface area contributed by atoms with Crippen LogP contribution < -0.4 is 16.4 Å². The molecule has 2 aromatic rings. The van der Waals surface area contributed by atoms with E-state index in [1.54, 1.807) is 25.1 Å². The van der Waals surface area contributed by atoms with Gasteiger partial charge in [-0.05, 0) is 90.6 Å². The SMILES string of the molecule is C=C(NC)c1ccc2c(c1)CCc1cc(C(=O)N(C)C)ccc1C2(CCNCC(=C)N1C(C#N)C[C@@H]2C[C@@H]21)C(N)=O. The van der Waals surface area contributed by atoms with Gasteiger partial charge in [0.25, 0.3) is 5.91 Å². The molecule has 8 heteroatoms. The van der Waals surface area contributed by atoms with E-state index in [0.29, 0.717) is 49.9 Å². The van der Waals surface area contributed by atoms with E-state index in [-0.39, 0.29) is 11.9 Å². The number of primary amides is 1. The summed E-state index contributed by atoms with van der Waals surface area (Å²) in [5.74, 6) is 0.114. The number of hydrogen-bond donors (Lipinski definition) is 3. The fourth-order valence-corrected chi connectivity index (χ4v) is 6.86. The first kappa shape index (κ1) is 28.4. The zero-order valence-electron chi connectivity index (χ0n) is 24.3. The van der Waals surface area contributed by atoms with Gasteiger partial charge >= 0.3 is 0 Å². The van der Waals surface area contributed by atoms with Gasteiger partial charge in [0, 0.05) is 50.7 Å². The molecule has 1 saturated heterocycles. The summed E-state index contributed by atoms with van der Waals surface area (Å²) in [7, 11) is 5.31. The lowest BCUT2D eigenvalue weighted by Crippen LogP contribution is -2.45. The largest absolute Gasteiger partial charge is 0.388 e. The van der Waals surface area contributed by atoms with E-state index in [2.05, 4.69) is 40.8 Å². The Labute approximate surface area is 242 Å². The van der Waals surface area contributed by atoms with E-state index in [1.165, 1.54) is 0 Å². The number of piperidine rings is 1. The molecule has 0 aromatic heterocycles. The van der Waals surface area contributed by atoms with Crippen molar-refractivity contribution in [2.75, 3.05) is 34.2 Å². The van der Waals surface area contributed by atoms with Crippen molar-refractivity contribution in [2.45, 2.75) is 49.6 Å². The molecular weight excluding hydrogens is 512 g/mol. The third-order valence-electron chi connectivity index (χ3n) is 9.14. The summed E-state index contributed by atoms with van der Waals surface area (Å²) in [6.45, 7) is 9.45. The van der Waals surface area contributed by atoms with Crippen molar-refractivity contribution in [3.63, 3.8) is 0 Å². The summed E-state index contributed by atoms with van der Waals surface area (Å²) in [5.41, 5.74) is 12.3. The molecule has 8 nitrogen and oxygen atoms in total. The Balaban J connectivity index is 1.48. The normalized spacial score (nSPS) is 23.8. The summed E-state index contributed by atoms with van der Waals surface area (Å²) in [6, 6.07) is 14.5. The Bertz CT molecular complexity index is 1460. The molecule has 2 aromatic carbocycles. The summed E-state index contributed by atoms with van der Waals surface area (Å²) < 4.78 is 0. The fourth-order valence-electron chi connectivity index (χ4n) is 6.86. The van der Waals surface area contributed by atoms with Crippen LogP contribution in [0, 0.1) is 17.2 Å². The molecule has 0 bridgehead atoms. The predicted octanol–water partition coefficient (Wildman–Crippen LogP) is 2.93. The van der Waals surface area contributed by atoms with Gasteiger partial charge in [-0.25, -0.2) is 0 Å². The van der Waals surface area contributed by atoms with Gasteiger partial charge in [-0.3, -0.25) is 9.59 Å². The Morgan fingerprint density at radius 2 is 1.73 bits per heavy atom. The van der Waals surface area contributed by atoms with E-state index in [1.807, 2.05) is 31.3 Å². The molecule has 2 unspecified atom stereocenters. The quantitative estimate of drug-likeness (QED) is 0.391. The van der Waals surface area contributed by atoms with E-state index in [0.717, 1.165) is 52.1 Å². The van der Waals surface area contributed by atoms with Gasteiger partial charge in [0.2, 0.25) is 5.91 Å². The van der Waals surface area contributed by atoms with E-state index in [9.17, 15) is 14.9 Å². The number of likely N-dealkylation sites (tertiary alicyclic amines) is 1. The lowest BCUT2D eigenvalue weighted by Gasteiger charge is -2.34. The van der Waals surface area contributed by atoms with Crippen molar-refractivity contribution < 1.29 is 9.59 Å². The Morgan fingerprint density at radius 3 is 2.32 bits per heavy atom. The molecule has 5 rings (SSSR count). The number of amides is 2. The van der Waals surface area contributed by atoms with Crippen molar-refractivity contribution in [1.29, 1.82) is 5.26 Å². The maximum Gasteiger partial charge on any atom is 0.253 e. The highest BCUT2D eigenvalue weighted by molar-refractivity contribution is 5.96. The van der Waals surface area contributed by atoms with Crippen molar-refractivity contribution >= 4 is 17.5 Å². The predicted molar refractivity (Wildman–Crippen MR) is 161 cm³/mol. The highest BCUT2D eigenvalue weighted by Crippen LogP contribution is 2.49. The van der Waals surface area contributed by atoms with Gasteiger partial charge in [0.1, 0.15) is 11.5 Å². The third-order valence-corrected chi connectivity index (χ3v) is 9.14. The summed E-state index contributed by atoms with van der Waals surface area (Å²) in [5, 5.41) is 16.2. The first-order valence-corrected chi connectivity index (χ1v) is 14.3. The third kappa shape index (κ3) is 5.00. The number of aryl methyl sites for hydroxylation is 2. The number of hydrogen-bond acceptors (Lipinski definition) is 6. The van der Waals surface area contributed by atoms with E-state index >= 15 is 0 Å². The Kier molecular flexibility index (Phi) is 7.67. The Morgan fingerprint density at radius 1 is 1.10 bits per heavy atom. The molecule has 2 fully saturated rings. The van der Waals surface area contributed by atoms with Crippen molar-refractivity contribution in [2.24, 2.45) is 11.7 Å². The maximum absolute atomic E-state index is 13.7. The standard InChI is InChI=1S/C33H40N6O2/c1-20(39-27(18-34)16-26-17-30(26)39)19-37-13-12-33(32(35)41)28-10-8-22(21(2)36-3)14-23(28)6-7-24-15-25(9-11-29(24)33)31(40)38(4)5/h8-11,14-15,26-27,30,36-37H,1-2,6-7,12-13,16-17,19H2,3-5H3,(H2,35,41)/t26-,27?,30+,33?/m1/s1. The van der Waals surface area contributed by atoms with E-state index < -0.39 is 11.3 Å². The number of fused-ring (bicyclic) bond motifs is 3. The molecule has 2 aliphatic carbocycles. The number of nitriles is 1. The first-order chi connectivity index (χ1) is 19.6. The minimum Gasteiger partial charge on any atom is -0.388 e. The van der Waals surface area contributed by atoms with Gasteiger partial charge in [-0.15, -0.1) is 0 Å². The van der Waals surface area contributed by atoms with Gasteiger partial charge < -0.3 is 26.2 Å². The highest BCUT2D eigenvalue weighted by Gasteiger charge is 2.52. The van der Waals surface area contributed by atoms with Crippen molar-refractivity contribution in [1.82, 2.24) is 20.4 Å². The van der Waals surface area contributed by atoms with Gasteiger partial charge in [0.05, 0.1) is 6.07 Å². The molecule has 1 aliphatic heterocycles. The number of nitrogens with one attached hydrogen (secondary N) is 2. The second kappa shape index (κ2) is 11.1. The zero-order valence-corrected chi connectivity index (χ0v) is 24.3. The smallest absolute Gasteiger partial charge is 0.253 e. The maximum atomic E-state index is 13.7. The molecule has 0 spiro atoms. The minimum absolute atomic E-state index is 0.0810. The zero-order chi connectivity index (χ0) is 29.5. The Hall–Kier alpha value is -4.09. The lowest BCUT2D eigenvalue weighted by atomic mass is 9.69. The van der Waals surface area contributed by atoms with Gasteiger partial charge in [0.15, 0.2) is 0 Å². The van der Waals surface area contributed by atoms with Crippen LogP contribution in [-0.4, -0.2) is 67.9 Å². The van der Waals surface area contributed by atoms with Crippen LogP contribution >= 0.6 is 0 Å². The van der Waals surface area contributed by atoms with Crippen LogP contribution in [-0.2, 0) is 23.1 Å². The summed E-state index contributed by atoms with van der Waals surface area (Å²) in [6.07, 6.45) is 3.88. The lowest BCUT2D eigenvalue weighted by molar-refractivity contribution is -0.122. The average Bonchev–Trinajstić information content (AvgIpc) is 3.66. The number of benzene rings is 2. The van der Waals surface area contributed by atoms with Crippen LogP contribution in [0.15, 0.2) is 55.3 Å². The molecule has 214 valence electrons. The van der Waals surface area contributed by atoms with Crippen LogP contribution in [0.3, 0.4) is 0 Å². The molecule has 2 amide bonds. The topological polar surface area (TPSA) is 114 Å². The second-order valence-corrected chi connectivity index (χ2v) is 11.8. The fraction of sp³-hybridized carbons (Fsp3) is 0.424. The number of nitrogens with two attached hydrogens (primary N) is 1. The molecule has 41 heavy (non-hydrogen) atoms. The molecular formula is C33H40N6O2. The molecule has 3 aliphatic rings. The number of nitrogens with zero attached hydrogens (tertiary/aromatic N) is 3. The summed E-state index contributed by atoms with van der Waals surface area (Å²) >= 11 is 0. The first-order valence-electron chi connectivity index (χ1n) is 14.3. The minimum atomic E-state index is -1.08. The van der Waals surface area contributed by atoms with Crippen LogP contribution in [0.25, 0.3) is 5.70 Å². The van der Waals surface area contributed by atoms with Crippen LogP contribution in [0.5, 0.6) is 0 Å². The molecule has 1 heterocycles. The van der Waals surface area contributed by atoms with E-state index in [4.69, 9.17) is 5.73 Å². The van der Waals surface area contributed by atoms with Gasteiger partial charge in [-0.1, -0.05) is 31.4 Å². The van der Waals surface area contributed by atoms with Crippen LogP contribution in [0.1, 0.15) is 57.4 Å². The van der Waals surface area contributed by atoms with Crippen LogP contribution in [0.2, 0.25) is 0 Å². The highest BCUT2D eigenvalue weighted by atomic mass is 16.2. The van der Waals surface area contributed by atoms with Crippen molar-refractivity contribution in [3.8, 4) is 6.07 Å². The average molecular weight is 553 g/mol. The molecule has 0 radical (unpaired) electrons. The van der Waals surface area contributed by atoms with Gasteiger partial charge in [-0.2, -0.15) is 5.26 Å². The number of carbonyl (C=O) groups excluding carboxylic acids is 2. The molecule has 4 N–H and O–H groups in total. The number of rotatable bonds is 10. The van der Waals surface area contributed by atoms with Crippen molar-refractivity contribution in [3.05, 3.63) is 88.6 Å². The number of carbonyl (C=O) groups is 2. The summed E-state index contributed by atoms with van der Waals surface area (Å²) in [4.78, 5) is 30.2. The second-order valence-electron chi connectivity index (χ2n) is 11.8.